The Morgan fingerprint density at radius 1 is 1.40 bits per heavy atom. The summed E-state index contributed by atoms with van der Waals surface area (Å²) in [6.45, 7) is 2.45. The maximum atomic E-state index is 11.3. The summed E-state index contributed by atoms with van der Waals surface area (Å²) in [4.78, 5) is 11.3. The van der Waals surface area contributed by atoms with E-state index in [9.17, 15) is 9.90 Å². The lowest BCUT2D eigenvalue weighted by molar-refractivity contribution is -0.125. The number of rotatable bonds is 2. The van der Waals surface area contributed by atoms with Gasteiger partial charge < -0.3 is 5.11 Å². The first-order chi connectivity index (χ1) is 7.18. The van der Waals surface area contributed by atoms with Gasteiger partial charge in [-0.2, -0.15) is 0 Å². The Morgan fingerprint density at radius 2 is 2.07 bits per heavy atom. The van der Waals surface area contributed by atoms with Crippen molar-refractivity contribution in [1.82, 2.24) is 10.9 Å². The number of hydrazine groups is 1. The van der Waals surface area contributed by atoms with Crippen LogP contribution in [0.4, 0.5) is 0 Å². The maximum absolute atomic E-state index is 11.3. The lowest BCUT2D eigenvalue weighted by atomic mass is 9.95. The molecule has 1 aliphatic rings. The zero-order valence-corrected chi connectivity index (χ0v) is 8.53. The smallest absolute Gasteiger partial charge is 0.241 e. The fourth-order valence-corrected chi connectivity index (χ4v) is 1.68. The van der Waals surface area contributed by atoms with Gasteiger partial charge in [0.25, 0.3) is 0 Å². The molecule has 0 saturated carbocycles. The Labute approximate surface area is 88.3 Å². The fraction of sp³-hybridized carbons (Fsp3) is 0.364. The first kappa shape index (κ1) is 10.1. The highest BCUT2D eigenvalue weighted by atomic mass is 16.3. The Bertz CT molecular complexity index is 361. The molecule has 4 heteroatoms. The van der Waals surface area contributed by atoms with Crippen LogP contribution in [0, 0.1) is 12.8 Å². The van der Waals surface area contributed by atoms with Crippen LogP contribution in [-0.4, -0.2) is 17.6 Å². The molecule has 2 unspecified atom stereocenters. The van der Waals surface area contributed by atoms with E-state index in [0.29, 0.717) is 6.54 Å². The molecule has 0 aromatic heterocycles. The molecule has 1 aromatic carbocycles. The summed E-state index contributed by atoms with van der Waals surface area (Å²) in [5.74, 6) is -0.546. The second-order valence-electron chi connectivity index (χ2n) is 3.83. The third kappa shape index (κ3) is 2.00. The number of nitrogens with one attached hydrogen (secondary N) is 2. The number of benzene rings is 1. The molecule has 1 saturated heterocycles. The van der Waals surface area contributed by atoms with E-state index in [2.05, 4.69) is 10.9 Å². The molecule has 15 heavy (non-hydrogen) atoms. The predicted molar refractivity (Wildman–Crippen MR) is 55.8 cm³/mol. The largest absolute Gasteiger partial charge is 0.388 e. The van der Waals surface area contributed by atoms with Crippen LogP contribution in [0.1, 0.15) is 17.2 Å². The van der Waals surface area contributed by atoms with Crippen molar-refractivity contribution in [2.24, 2.45) is 5.92 Å². The number of aliphatic hydroxyl groups is 1. The second kappa shape index (κ2) is 4.00. The van der Waals surface area contributed by atoms with E-state index in [1.54, 1.807) is 0 Å². The fourth-order valence-electron chi connectivity index (χ4n) is 1.68. The normalized spacial score (nSPS) is 22.5. The second-order valence-corrected chi connectivity index (χ2v) is 3.83. The highest BCUT2D eigenvalue weighted by Crippen LogP contribution is 2.23. The van der Waals surface area contributed by atoms with E-state index in [1.165, 1.54) is 0 Å². The first-order valence-electron chi connectivity index (χ1n) is 4.96. The van der Waals surface area contributed by atoms with Crippen molar-refractivity contribution < 1.29 is 9.90 Å². The first-order valence-corrected chi connectivity index (χ1v) is 4.96. The van der Waals surface area contributed by atoms with Crippen LogP contribution in [0.3, 0.4) is 0 Å². The van der Waals surface area contributed by atoms with E-state index < -0.39 is 12.0 Å². The average Bonchev–Trinajstić information content (AvgIpc) is 2.65. The molecule has 80 valence electrons. The van der Waals surface area contributed by atoms with Crippen LogP contribution in [0.2, 0.25) is 0 Å². The lowest BCUT2D eigenvalue weighted by Gasteiger charge is -2.15. The van der Waals surface area contributed by atoms with Crippen molar-refractivity contribution in [3.8, 4) is 0 Å². The van der Waals surface area contributed by atoms with Gasteiger partial charge in [0.15, 0.2) is 0 Å². The van der Waals surface area contributed by atoms with Crippen molar-refractivity contribution in [2.45, 2.75) is 13.0 Å². The standard InChI is InChI=1S/C11H14N2O2/c1-7-2-4-8(5-3-7)10(14)9-6-12-13-11(9)15/h2-5,9-10,12,14H,6H2,1H3,(H,13,15). The van der Waals surface area contributed by atoms with E-state index >= 15 is 0 Å². The number of carbonyl (C=O) groups excluding carboxylic acids is 1. The zero-order valence-electron chi connectivity index (χ0n) is 8.53. The molecule has 1 aromatic rings. The van der Waals surface area contributed by atoms with E-state index in [1.807, 2.05) is 31.2 Å². The van der Waals surface area contributed by atoms with Crippen LogP contribution in [0.5, 0.6) is 0 Å². The van der Waals surface area contributed by atoms with Crippen molar-refractivity contribution in [1.29, 1.82) is 0 Å². The van der Waals surface area contributed by atoms with Crippen molar-refractivity contribution in [2.75, 3.05) is 6.54 Å². The summed E-state index contributed by atoms with van der Waals surface area (Å²) in [6.07, 6.45) is -0.736. The minimum atomic E-state index is -0.736. The molecular weight excluding hydrogens is 192 g/mol. The van der Waals surface area contributed by atoms with Crippen LogP contribution >= 0.6 is 0 Å². The molecule has 1 fully saturated rings. The topological polar surface area (TPSA) is 61.4 Å². The van der Waals surface area contributed by atoms with E-state index in [0.717, 1.165) is 11.1 Å². The molecular formula is C11H14N2O2. The minimum Gasteiger partial charge on any atom is -0.388 e. The summed E-state index contributed by atoms with van der Waals surface area (Å²) in [5.41, 5.74) is 7.13. The average molecular weight is 206 g/mol. The minimum absolute atomic E-state index is 0.150. The zero-order chi connectivity index (χ0) is 10.8. The maximum Gasteiger partial charge on any atom is 0.241 e. The number of aliphatic hydroxyl groups excluding tert-OH is 1. The van der Waals surface area contributed by atoms with Gasteiger partial charge in [-0.1, -0.05) is 29.8 Å². The third-order valence-corrected chi connectivity index (χ3v) is 2.67. The van der Waals surface area contributed by atoms with Gasteiger partial charge in [-0.25, -0.2) is 5.43 Å². The third-order valence-electron chi connectivity index (χ3n) is 2.67. The molecule has 1 aliphatic heterocycles. The highest BCUT2D eigenvalue weighted by Gasteiger charge is 2.31. The Kier molecular flexibility index (Phi) is 2.70. The number of aryl methyl sites for hydroxylation is 1. The van der Waals surface area contributed by atoms with Crippen molar-refractivity contribution in [3.05, 3.63) is 35.4 Å². The van der Waals surface area contributed by atoms with Crippen LogP contribution in [0.15, 0.2) is 24.3 Å². The quantitative estimate of drug-likeness (QED) is 0.651. The number of hydrogen-bond acceptors (Lipinski definition) is 3. The SMILES string of the molecule is Cc1ccc(C(O)C2CNNC2=O)cc1. The Balaban J connectivity index is 2.16. The number of hydrogen-bond donors (Lipinski definition) is 3. The van der Waals surface area contributed by atoms with Gasteiger partial charge in [0.05, 0.1) is 12.0 Å². The summed E-state index contributed by atoms with van der Waals surface area (Å²) in [7, 11) is 0. The molecule has 2 rings (SSSR count). The Morgan fingerprint density at radius 3 is 2.60 bits per heavy atom. The van der Waals surface area contributed by atoms with Gasteiger partial charge in [0.1, 0.15) is 0 Å². The van der Waals surface area contributed by atoms with Crippen LogP contribution < -0.4 is 10.9 Å². The van der Waals surface area contributed by atoms with Gasteiger partial charge in [0.2, 0.25) is 5.91 Å². The van der Waals surface area contributed by atoms with Gasteiger partial charge in [-0.05, 0) is 12.5 Å². The van der Waals surface area contributed by atoms with Crippen LogP contribution in [0.25, 0.3) is 0 Å². The predicted octanol–water partition coefficient (Wildman–Crippen LogP) is 0.279. The van der Waals surface area contributed by atoms with E-state index in [-0.39, 0.29) is 5.91 Å². The van der Waals surface area contributed by atoms with Gasteiger partial charge >= 0.3 is 0 Å². The summed E-state index contributed by atoms with van der Waals surface area (Å²) < 4.78 is 0. The van der Waals surface area contributed by atoms with Gasteiger partial charge in [-0.15, -0.1) is 0 Å². The van der Waals surface area contributed by atoms with Crippen molar-refractivity contribution >= 4 is 5.91 Å². The molecule has 4 nitrogen and oxygen atoms in total. The van der Waals surface area contributed by atoms with Crippen LogP contribution in [-0.2, 0) is 4.79 Å². The van der Waals surface area contributed by atoms with Crippen molar-refractivity contribution in [3.63, 3.8) is 0 Å². The molecule has 2 atom stereocenters. The molecule has 1 amide bonds. The van der Waals surface area contributed by atoms with E-state index in [4.69, 9.17) is 0 Å². The summed E-state index contributed by atoms with van der Waals surface area (Å²) >= 11 is 0. The number of amides is 1. The summed E-state index contributed by atoms with van der Waals surface area (Å²) in [6, 6.07) is 7.56. The molecule has 3 N–H and O–H groups in total. The molecule has 0 bridgehead atoms. The highest BCUT2D eigenvalue weighted by molar-refractivity contribution is 5.81. The molecule has 0 spiro atoms. The molecule has 0 radical (unpaired) electrons. The number of carbonyl (C=O) groups is 1. The molecule has 1 heterocycles. The van der Waals surface area contributed by atoms with Gasteiger partial charge in [-0.3, -0.25) is 10.2 Å². The monoisotopic (exact) mass is 206 g/mol. The molecule has 0 aliphatic carbocycles. The van der Waals surface area contributed by atoms with Gasteiger partial charge in [0, 0.05) is 6.54 Å². The lowest BCUT2D eigenvalue weighted by Crippen LogP contribution is -2.27. The Hall–Kier alpha value is -1.39. The summed E-state index contributed by atoms with van der Waals surface area (Å²) in [5, 5.41) is 9.98.